The third kappa shape index (κ3) is 4.65. The fourth-order valence-corrected chi connectivity index (χ4v) is 3.57. The number of carbonyl (C=O) groups is 1. The maximum absolute atomic E-state index is 12.3. The van der Waals surface area contributed by atoms with Crippen molar-refractivity contribution in [2.75, 3.05) is 11.1 Å². The van der Waals surface area contributed by atoms with Gasteiger partial charge in [-0.3, -0.25) is 4.79 Å². The highest BCUT2D eigenvalue weighted by molar-refractivity contribution is 7.99. The van der Waals surface area contributed by atoms with E-state index in [-0.39, 0.29) is 11.7 Å². The molecule has 0 unspecified atom stereocenters. The van der Waals surface area contributed by atoms with Crippen LogP contribution in [-0.2, 0) is 11.2 Å². The van der Waals surface area contributed by atoms with E-state index in [1.165, 1.54) is 30.2 Å². The molecule has 4 rings (SSSR count). The standard InChI is InChI=1S/C21H21N5O2S/c1-2-3-5-15-7-9-16(10-8-15)22-20(27)14-29-21-24-23-19-12-11-17(25-26(19)21)18-6-4-13-28-18/h4,6-13H,2-3,5,14H2,1H3,(H,22,27). The van der Waals surface area contributed by atoms with Gasteiger partial charge in [0.15, 0.2) is 11.4 Å². The van der Waals surface area contributed by atoms with E-state index in [0.717, 1.165) is 12.1 Å². The van der Waals surface area contributed by atoms with Crippen molar-refractivity contribution in [3.05, 3.63) is 60.4 Å². The van der Waals surface area contributed by atoms with E-state index >= 15 is 0 Å². The molecule has 0 saturated carbocycles. The van der Waals surface area contributed by atoms with Gasteiger partial charge < -0.3 is 9.73 Å². The van der Waals surface area contributed by atoms with E-state index in [0.29, 0.717) is 22.3 Å². The zero-order valence-electron chi connectivity index (χ0n) is 16.0. The van der Waals surface area contributed by atoms with Gasteiger partial charge in [-0.25, -0.2) is 0 Å². The van der Waals surface area contributed by atoms with Crippen LogP contribution in [0.25, 0.3) is 17.1 Å². The fraction of sp³-hybridized carbons (Fsp3) is 0.238. The molecule has 0 atom stereocenters. The number of fused-ring (bicyclic) bond motifs is 1. The number of nitrogens with zero attached hydrogens (tertiary/aromatic N) is 4. The maximum Gasteiger partial charge on any atom is 0.234 e. The fourth-order valence-electron chi connectivity index (χ4n) is 2.88. The first-order valence-electron chi connectivity index (χ1n) is 9.51. The second kappa shape index (κ2) is 8.91. The zero-order valence-corrected chi connectivity index (χ0v) is 16.9. The monoisotopic (exact) mass is 407 g/mol. The minimum absolute atomic E-state index is 0.102. The molecule has 3 heterocycles. The van der Waals surface area contributed by atoms with Crippen molar-refractivity contribution < 1.29 is 9.21 Å². The summed E-state index contributed by atoms with van der Waals surface area (Å²) in [5.41, 5.74) is 3.37. The first kappa shape index (κ1) is 19.2. The highest BCUT2D eigenvalue weighted by atomic mass is 32.2. The quantitative estimate of drug-likeness (QED) is 0.434. The molecule has 0 radical (unpaired) electrons. The number of unbranched alkanes of at least 4 members (excludes halogenated alkanes) is 1. The second-order valence-electron chi connectivity index (χ2n) is 6.59. The minimum atomic E-state index is -0.102. The summed E-state index contributed by atoms with van der Waals surface area (Å²) in [7, 11) is 0. The molecule has 148 valence electrons. The molecule has 0 fully saturated rings. The van der Waals surface area contributed by atoms with Gasteiger partial charge in [-0.2, -0.15) is 9.61 Å². The van der Waals surface area contributed by atoms with Crippen molar-refractivity contribution in [2.24, 2.45) is 0 Å². The van der Waals surface area contributed by atoms with Crippen molar-refractivity contribution in [3.8, 4) is 11.5 Å². The number of hydrogen-bond acceptors (Lipinski definition) is 6. The van der Waals surface area contributed by atoms with Gasteiger partial charge in [0.2, 0.25) is 11.1 Å². The molecule has 4 aromatic rings. The normalized spacial score (nSPS) is 11.1. The molecule has 0 aliphatic rings. The second-order valence-corrected chi connectivity index (χ2v) is 7.53. The summed E-state index contributed by atoms with van der Waals surface area (Å²) in [6, 6.07) is 15.3. The third-order valence-electron chi connectivity index (χ3n) is 4.40. The number of amides is 1. The molecule has 3 aromatic heterocycles. The van der Waals surface area contributed by atoms with Gasteiger partial charge >= 0.3 is 0 Å². The Balaban J connectivity index is 1.39. The first-order valence-corrected chi connectivity index (χ1v) is 10.5. The van der Waals surface area contributed by atoms with Crippen LogP contribution in [0, 0.1) is 0 Å². The average Bonchev–Trinajstić information content (AvgIpc) is 3.41. The van der Waals surface area contributed by atoms with E-state index < -0.39 is 0 Å². The van der Waals surface area contributed by atoms with Gasteiger partial charge in [-0.1, -0.05) is 37.2 Å². The lowest BCUT2D eigenvalue weighted by Crippen LogP contribution is -2.14. The van der Waals surface area contributed by atoms with Crippen LogP contribution >= 0.6 is 11.8 Å². The maximum atomic E-state index is 12.3. The Morgan fingerprint density at radius 3 is 2.76 bits per heavy atom. The summed E-state index contributed by atoms with van der Waals surface area (Å²) in [5, 5.41) is 16.2. The van der Waals surface area contributed by atoms with Crippen LogP contribution in [0.4, 0.5) is 5.69 Å². The smallest absolute Gasteiger partial charge is 0.234 e. The van der Waals surface area contributed by atoms with Crippen molar-refractivity contribution in [1.82, 2.24) is 19.8 Å². The predicted molar refractivity (Wildman–Crippen MR) is 113 cm³/mol. The zero-order chi connectivity index (χ0) is 20.1. The van der Waals surface area contributed by atoms with Gasteiger partial charge in [0.1, 0.15) is 5.69 Å². The summed E-state index contributed by atoms with van der Waals surface area (Å²) >= 11 is 1.29. The van der Waals surface area contributed by atoms with Gasteiger partial charge in [-0.15, -0.1) is 10.2 Å². The lowest BCUT2D eigenvalue weighted by atomic mass is 10.1. The van der Waals surface area contributed by atoms with Crippen LogP contribution in [0.1, 0.15) is 25.3 Å². The van der Waals surface area contributed by atoms with Gasteiger partial charge in [0.05, 0.1) is 12.0 Å². The van der Waals surface area contributed by atoms with Crippen molar-refractivity contribution in [2.45, 2.75) is 31.3 Å². The predicted octanol–water partition coefficient (Wildman–Crippen LogP) is 4.46. The number of hydrogen-bond donors (Lipinski definition) is 1. The number of nitrogens with one attached hydrogen (secondary N) is 1. The van der Waals surface area contributed by atoms with E-state index in [1.54, 1.807) is 10.8 Å². The average molecular weight is 407 g/mol. The van der Waals surface area contributed by atoms with Crippen LogP contribution in [0.5, 0.6) is 0 Å². The molecule has 8 heteroatoms. The van der Waals surface area contributed by atoms with Crippen molar-refractivity contribution in [3.63, 3.8) is 0 Å². The molecule has 0 bridgehead atoms. The van der Waals surface area contributed by atoms with E-state index in [1.807, 2.05) is 36.4 Å². The number of aryl methyl sites for hydroxylation is 1. The summed E-state index contributed by atoms with van der Waals surface area (Å²) in [5.74, 6) is 0.775. The Bertz CT molecular complexity index is 1090. The summed E-state index contributed by atoms with van der Waals surface area (Å²) < 4.78 is 7.02. The van der Waals surface area contributed by atoms with Crippen molar-refractivity contribution in [1.29, 1.82) is 0 Å². The summed E-state index contributed by atoms with van der Waals surface area (Å²) in [6.45, 7) is 2.18. The van der Waals surface area contributed by atoms with E-state index in [2.05, 4.69) is 39.7 Å². The molecular weight excluding hydrogens is 386 g/mol. The Hall–Kier alpha value is -3.13. The van der Waals surface area contributed by atoms with Gasteiger partial charge in [-0.05, 0) is 54.8 Å². The third-order valence-corrected chi connectivity index (χ3v) is 5.32. The topological polar surface area (TPSA) is 85.3 Å². The molecule has 29 heavy (non-hydrogen) atoms. The number of rotatable bonds is 8. The van der Waals surface area contributed by atoms with Crippen LogP contribution < -0.4 is 5.32 Å². The number of carbonyl (C=O) groups excluding carboxylic acids is 1. The lowest BCUT2D eigenvalue weighted by Gasteiger charge is -2.06. The lowest BCUT2D eigenvalue weighted by molar-refractivity contribution is -0.113. The number of anilines is 1. The number of benzene rings is 1. The summed E-state index contributed by atoms with van der Waals surface area (Å²) in [4.78, 5) is 12.3. The Morgan fingerprint density at radius 1 is 1.14 bits per heavy atom. The number of furan rings is 1. The number of aromatic nitrogens is 4. The molecule has 0 saturated heterocycles. The molecule has 1 amide bonds. The molecule has 1 aromatic carbocycles. The number of thioether (sulfide) groups is 1. The van der Waals surface area contributed by atoms with Crippen molar-refractivity contribution >= 4 is 29.0 Å². The molecule has 1 N–H and O–H groups in total. The van der Waals surface area contributed by atoms with E-state index in [4.69, 9.17) is 4.42 Å². The first-order chi connectivity index (χ1) is 14.2. The Morgan fingerprint density at radius 2 is 2.00 bits per heavy atom. The molecular formula is C21H21N5O2S. The molecule has 0 aliphatic heterocycles. The van der Waals surface area contributed by atoms with Gasteiger partial charge in [0.25, 0.3) is 0 Å². The molecule has 7 nitrogen and oxygen atoms in total. The SMILES string of the molecule is CCCCc1ccc(NC(=O)CSc2nnc3ccc(-c4ccco4)nn23)cc1. The molecule has 0 spiro atoms. The Labute approximate surface area is 172 Å². The highest BCUT2D eigenvalue weighted by Crippen LogP contribution is 2.21. The van der Waals surface area contributed by atoms with Crippen LogP contribution in [-0.4, -0.2) is 31.5 Å². The van der Waals surface area contributed by atoms with Crippen LogP contribution in [0.3, 0.4) is 0 Å². The van der Waals surface area contributed by atoms with E-state index in [9.17, 15) is 4.79 Å². The molecule has 0 aliphatic carbocycles. The van der Waals surface area contributed by atoms with Crippen LogP contribution in [0.2, 0.25) is 0 Å². The highest BCUT2D eigenvalue weighted by Gasteiger charge is 2.12. The largest absolute Gasteiger partial charge is 0.463 e. The Kier molecular flexibility index (Phi) is 5.90. The summed E-state index contributed by atoms with van der Waals surface area (Å²) in [6.07, 6.45) is 5.01. The minimum Gasteiger partial charge on any atom is -0.463 e. The van der Waals surface area contributed by atoms with Gasteiger partial charge in [0, 0.05) is 5.69 Å². The van der Waals surface area contributed by atoms with Crippen LogP contribution in [0.15, 0.2) is 64.4 Å².